The monoisotopic (exact) mass is 265 g/mol. The SMILES string of the molecule is CNc1ncccc1COc1cccc2cccnc12. The molecule has 0 aliphatic carbocycles. The Hall–Kier alpha value is -2.62. The maximum Gasteiger partial charge on any atom is 0.146 e. The van der Waals surface area contributed by atoms with Gasteiger partial charge in [-0.25, -0.2) is 4.98 Å². The summed E-state index contributed by atoms with van der Waals surface area (Å²) in [5.74, 6) is 1.62. The number of nitrogens with one attached hydrogen (secondary N) is 1. The van der Waals surface area contributed by atoms with Crippen LogP contribution in [-0.2, 0) is 6.61 Å². The lowest BCUT2D eigenvalue weighted by atomic mass is 10.2. The molecule has 0 aliphatic rings. The molecule has 100 valence electrons. The highest BCUT2D eigenvalue weighted by Gasteiger charge is 2.05. The minimum atomic E-state index is 0.458. The molecule has 2 heterocycles. The van der Waals surface area contributed by atoms with E-state index in [1.165, 1.54) is 0 Å². The van der Waals surface area contributed by atoms with Crippen LogP contribution in [0.25, 0.3) is 10.9 Å². The molecule has 4 heteroatoms. The van der Waals surface area contributed by atoms with E-state index in [9.17, 15) is 0 Å². The first-order chi connectivity index (χ1) is 9.88. The molecule has 0 bridgehead atoms. The zero-order valence-electron chi connectivity index (χ0n) is 11.2. The molecule has 0 atom stereocenters. The lowest BCUT2D eigenvalue weighted by Gasteiger charge is -2.11. The van der Waals surface area contributed by atoms with Gasteiger partial charge >= 0.3 is 0 Å². The predicted molar refractivity (Wildman–Crippen MR) is 79.9 cm³/mol. The molecule has 20 heavy (non-hydrogen) atoms. The second-order valence-electron chi connectivity index (χ2n) is 4.38. The minimum Gasteiger partial charge on any atom is -0.486 e. The molecule has 0 radical (unpaired) electrons. The average Bonchev–Trinajstić information content (AvgIpc) is 2.53. The van der Waals surface area contributed by atoms with E-state index in [0.717, 1.165) is 28.0 Å². The third-order valence-corrected chi connectivity index (χ3v) is 3.11. The lowest BCUT2D eigenvalue weighted by Crippen LogP contribution is -2.02. The van der Waals surface area contributed by atoms with Gasteiger partial charge in [0.25, 0.3) is 0 Å². The van der Waals surface area contributed by atoms with E-state index in [0.29, 0.717) is 6.61 Å². The molecule has 0 amide bonds. The van der Waals surface area contributed by atoms with Crippen LogP contribution in [0.5, 0.6) is 5.75 Å². The number of hydrogen-bond acceptors (Lipinski definition) is 4. The topological polar surface area (TPSA) is 47.0 Å². The first-order valence-corrected chi connectivity index (χ1v) is 6.46. The number of rotatable bonds is 4. The van der Waals surface area contributed by atoms with Crippen molar-refractivity contribution in [2.45, 2.75) is 6.61 Å². The number of aromatic nitrogens is 2. The minimum absolute atomic E-state index is 0.458. The first kappa shape index (κ1) is 12.4. The summed E-state index contributed by atoms with van der Waals surface area (Å²) in [6.07, 6.45) is 3.53. The maximum atomic E-state index is 5.91. The Balaban J connectivity index is 1.87. The number of anilines is 1. The van der Waals surface area contributed by atoms with Crippen molar-refractivity contribution in [3.8, 4) is 5.75 Å². The molecule has 1 N–H and O–H groups in total. The Morgan fingerprint density at radius 1 is 1.00 bits per heavy atom. The van der Waals surface area contributed by atoms with E-state index in [4.69, 9.17) is 4.74 Å². The number of hydrogen-bond donors (Lipinski definition) is 1. The van der Waals surface area contributed by atoms with Gasteiger partial charge in [-0.05, 0) is 18.2 Å². The third-order valence-electron chi connectivity index (χ3n) is 3.11. The summed E-state index contributed by atoms with van der Waals surface area (Å²) in [5.41, 5.74) is 1.90. The van der Waals surface area contributed by atoms with Crippen molar-refractivity contribution in [1.29, 1.82) is 0 Å². The van der Waals surface area contributed by atoms with Crippen LogP contribution in [0.2, 0.25) is 0 Å². The number of pyridine rings is 2. The Bertz CT molecular complexity index is 722. The van der Waals surface area contributed by atoms with Crippen molar-refractivity contribution in [3.05, 3.63) is 60.4 Å². The largest absolute Gasteiger partial charge is 0.486 e. The van der Waals surface area contributed by atoms with Gasteiger partial charge in [-0.3, -0.25) is 4.98 Å². The summed E-state index contributed by atoms with van der Waals surface area (Å²) < 4.78 is 5.91. The highest BCUT2D eigenvalue weighted by atomic mass is 16.5. The van der Waals surface area contributed by atoms with Crippen LogP contribution in [0, 0.1) is 0 Å². The molecule has 0 fully saturated rings. The zero-order chi connectivity index (χ0) is 13.8. The van der Waals surface area contributed by atoms with Gasteiger partial charge in [0.1, 0.15) is 23.7 Å². The highest BCUT2D eigenvalue weighted by Crippen LogP contribution is 2.24. The van der Waals surface area contributed by atoms with Gasteiger partial charge in [-0.1, -0.05) is 24.3 Å². The summed E-state index contributed by atoms with van der Waals surface area (Å²) in [4.78, 5) is 8.64. The standard InChI is InChI=1S/C16H15N3O/c1-17-16-13(7-4-10-19-16)11-20-14-8-2-5-12-6-3-9-18-15(12)14/h2-10H,11H2,1H3,(H,17,19). The fourth-order valence-corrected chi connectivity index (χ4v) is 2.13. The average molecular weight is 265 g/mol. The molecule has 0 unspecified atom stereocenters. The summed E-state index contributed by atoms with van der Waals surface area (Å²) in [6, 6.07) is 13.8. The molecule has 3 aromatic rings. The van der Waals surface area contributed by atoms with E-state index in [-0.39, 0.29) is 0 Å². The summed E-state index contributed by atoms with van der Waals surface area (Å²) in [6.45, 7) is 0.458. The van der Waals surface area contributed by atoms with E-state index < -0.39 is 0 Å². The molecular formula is C16H15N3O. The van der Waals surface area contributed by atoms with Crippen LogP contribution in [0.4, 0.5) is 5.82 Å². The quantitative estimate of drug-likeness (QED) is 0.786. The van der Waals surface area contributed by atoms with Crippen LogP contribution < -0.4 is 10.1 Å². The van der Waals surface area contributed by atoms with Gasteiger partial charge in [-0.15, -0.1) is 0 Å². The molecular weight excluding hydrogens is 250 g/mol. The van der Waals surface area contributed by atoms with Gasteiger partial charge in [0.05, 0.1) is 0 Å². The van der Waals surface area contributed by atoms with E-state index in [1.807, 2.05) is 49.5 Å². The van der Waals surface area contributed by atoms with Crippen LogP contribution in [-0.4, -0.2) is 17.0 Å². The summed E-state index contributed by atoms with van der Waals surface area (Å²) in [5, 5.41) is 4.14. The summed E-state index contributed by atoms with van der Waals surface area (Å²) >= 11 is 0. The molecule has 1 aromatic carbocycles. The molecule has 3 rings (SSSR count). The van der Waals surface area contributed by atoms with Crippen LogP contribution in [0.3, 0.4) is 0 Å². The smallest absolute Gasteiger partial charge is 0.146 e. The van der Waals surface area contributed by atoms with Crippen molar-refractivity contribution < 1.29 is 4.74 Å². The van der Waals surface area contributed by atoms with Crippen molar-refractivity contribution in [2.75, 3.05) is 12.4 Å². The predicted octanol–water partition coefficient (Wildman–Crippen LogP) is 3.25. The van der Waals surface area contributed by atoms with Gasteiger partial charge < -0.3 is 10.1 Å². The fourth-order valence-electron chi connectivity index (χ4n) is 2.13. The van der Waals surface area contributed by atoms with Crippen LogP contribution in [0.15, 0.2) is 54.9 Å². The van der Waals surface area contributed by atoms with Gasteiger partial charge in [0.2, 0.25) is 0 Å². The van der Waals surface area contributed by atoms with Gasteiger partial charge in [-0.2, -0.15) is 0 Å². The number of ether oxygens (including phenoxy) is 1. The van der Waals surface area contributed by atoms with Crippen LogP contribution in [0.1, 0.15) is 5.56 Å². The second-order valence-corrected chi connectivity index (χ2v) is 4.38. The van der Waals surface area contributed by atoms with Crippen molar-refractivity contribution in [3.63, 3.8) is 0 Å². The van der Waals surface area contributed by atoms with E-state index >= 15 is 0 Å². The summed E-state index contributed by atoms with van der Waals surface area (Å²) in [7, 11) is 1.85. The Morgan fingerprint density at radius 3 is 2.70 bits per heavy atom. The number of fused-ring (bicyclic) bond motifs is 1. The molecule has 0 aliphatic heterocycles. The van der Waals surface area contributed by atoms with E-state index in [1.54, 1.807) is 12.4 Å². The van der Waals surface area contributed by atoms with Gasteiger partial charge in [0, 0.05) is 30.4 Å². The van der Waals surface area contributed by atoms with Gasteiger partial charge in [0.15, 0.2) is 0 Å². The molecule has 0 saturated heterocycles. The fraction of sp³-hybridized carbons (Fsp3) is 0.125. The first-order valence-electron chi connectivity index (χ1n) is 6.46. The normalized spacial score (nSPS) is 10.4. The maximum absolute atomic E-state index is 5.91. The number of nitrogens with zero attached hydrogens (tertiary/aromatic N) is 2. The molecule has 0 spiro atoms. The Kier molecular flexibility index (Phi) is 3.46. The van der Waals surface area contributed by atoms with Crippen molar-refractivity contribution >= 4 is 16.7 Å². The number of benzene rings is 1. The Labute approximate surface area is 117 Å². The molecule has 0 saturated carbocycles. The molecule has 4 nitrogen and oxygen atoms in total. The van der Waals surface area contributed by atoms with E-state index in [2.05, 4.69) is 15.3 Å². The Morgan fingerprint density at radius 2 is 1.80 bits per heavy atom. The lowest BCUT2D eigenvalue weighted by molar-refractivity contribution is 0.309. The second kappa shape index (κ2) is 5.57. The van der Waals surface area contributed by atoms with Crippen molar-refractivity contribution in [1.82, 2.24) is 9.97 Å². The number of para-hydroxylation sites is 1. The van der Waals surface area contributed by atoms with Crippen molar-refractivity contribution in [2.24, 2.45) is 0 Å². The molecule has 2 aromatic heterocycles. The highest BCUT2D eigenvalue weighted by molar-refractivity contribution is 5.84. The third kappa shape index (κ3) is 2.40. The van der Waals surface area contributed by atoms with Crippen LogP contribution >= 0.6 is 0 Å². The zero-order valence-corrected chi connectivity index (χ0v) is 11.2.